The van der Waals surface area contributed by atoms with E-state index in [4.69, 9.17) is 0 Å². The summed E-state index contributed by atoms with van der Waals surface area (Å²) < 4.78 is 0. The van der Waals surface area contributed by atoms with Crippen molar-refractivity contribution in [3.63, 3.8) is 0 Å². The molecule has 0 aliphatic heterocycles. The summed E-state index contributed by atoms with van der Waals surface area (Å²) in [5.41, 5.74) is 4.38. The Morgan fingerprint density at radius 1 is 1.00 bits per heavy atom. The molecule has 0 bridgehead atoms. The van der Waals surface area contributed by atoms with Gasteiger partial charge in [0.1, 0.15) is 0 Å². The van der Waals surface area contributed by atoms with Gasteiger partial charge in [0.05, 0.1) is 16.7 Å². The second-order valence-corrected chi connectivity index (χ2v) is 3.39. The average Bonchev–Trinajstić information content (AvgIpc) is 2.39. The normalized spacial score (nSPS) is 9.75. The van der Waals surface area contributed by atoms with Crippen LogP contribution in [0.15, 0.2) is 24.4 Å². The molecule has 2 heteroatoms. The highest BCUT2D eigenvalue weighted by Crippen LogP contribution is 2.12. The third-order valence-corrected chi connectivity index (χ3v) is 2.43. The lowest BCUT2D eigenvalue weighted by Crippen LogP contribution is -1.91. The van der Waals surface area contributed by atoms with Gasteiger partial charge in [-0.3, -0.25) is 4.98 Å². The minimum atomic E-state index is 0.944. The van der Waals surface area contributed by atoms with Crippen molar-refractivity contribution in [1.29, 1.82) is 0 Å². The van der Waals surface area contributed by atoms with E-state index in [1.54, 1.807) is 0 Å². The first-order chi connectivity index (χ1) is 7.83. The second-order valence-electron chi connectivity index (χ2n) is 3.39. The molecule has 2 rings (SSSR count). The highest BCUT2D eigenvalue weighted by molar-refractivity contribution is 5.74. The van der Waals surface area contributed by atoms with Crippen LogP contribution in [-0.2, 0) is 12.8 Å². The molecule has 2 aromatic rings. The molecule has 0 aliphatic rings. The number of fused-ring (bicyclic) bond motifs is 1. The quantitative estimate of drug-likeness (QED) is 0.763. The number of aryl methyl sites for hydroxylation is 2. The molecule has 0 amide bonds. The van der Waals surface area contributed by atoms with Gasteiger partial charge in [0, 0.05) is 6.20 Å². The number of hydrogen-bond acceptors (Lipinski definition) is 2. The zero-order chi connectivity index (χ0) is 12.0. The van der Waals surface area contributed by atoms with Crippen LogP contribution in [0.1, 0.15) is 39.0 Å². The van der Waals surface area contributed by atoms with E-state index in [1.165, 1.54) is 5.56 Å². The van der Waals surface area contributed by atoms with Crippen molar-refractivity contribution in [1.82, 2.24) is 9.97 Å². The Morgan fingerprint density at radius 3 is 2.38 bits per heavy atom. The van der Waals surface area contributed by atoms with Crippen molar-refractivity contribution in [2.45, 2.75) is 40.5 Å². The maximum Gasteiger partial charge on any atom is 0.0892 e. The van der Waals surface area contributed by atoms with E-state index in [2.05, 4.69) is 35.9 Å². The van der Waals surface area contributed by atoms with Gasteiger partial charge >= 0.3 is 0 Å². The highest BCUT2D eigenvalue weighted by Gasteiger charge is 1.99. The number of nitrogens with zero attached hydrogens (tertiary/aromatic N) is 2. The van der Waals surface area contributed by atoms with Crippen LogP contribution in [0.3, 0.4) is 0 Å². The fraction of sp³-hybridized carbons (Fsp3) is 0.429. The molecular weight excluding hydrogens is 196 g/mol. The molecule has 1 aromatic carbocycles. The second kappa shape index (κ2) is 6.21. The monoisotopic (exact) mass is 216 g/mol. The lowest BCUT2D eigenvalue weighted by Gasteiger charge is -2.01. The molecule has 0 atom stereocenters. The van der Waals surface area contributed by atoms with Crippen molar-refractivity contribution in [2.24, 2.45) is 0 Å². The number of benzene rings is 1. The van der Waals surface area contributed by atoms with Crippen LogP contribution in [-0.4, -0.2) is 9.97 Å². The van der Waals surface area contributed by atoms with E-state index in [9.17, 15) is 0 Å². The zero-order valence-electron chi connectivity index (χ0n) is 10.6. The molecule has 0 unspecified atom stereocenters. The summed E-state index contributed by atoms with van der Waals surface area (Å²) in [5, 5.41) is 0. The summed E-state index contributed by atoms with van der Waals surface area (Å²) in [6.07, 6.45) is 3.85. The van der Waals surface area contributed by atoms with Gasteiger partial charge in [-0.15, -0.1) is 0 Å². The molecule has 0 radical (unpaired) electrons. The molecule has 1 aromatic heterocycles. The summed E-state index contributed by atoms with van der Waals surface area (Å²) in [7, 11) is 0. The van der Waals surface area contributed by atoms with E-state index in [1.807, 2.05) is 26.1 Å². The first-order valence-electron chi connectivity index (χ1n) is 6.08. The smallest absolute Gasteiger partial charge is 0.0892 e. The van der Waals surface area contributed by atoms with Crippen LogP contribution in [0, 0.1) is 0 Å². The topological polar surface area (TPSA) is 25.8 Å². The molecule has 0 spiro atoms. The fourth-order valence-corrected chi connectivity index (χ4v) is 1.49. The van der Waals surface area contributed by atoms with E-state index in [0.29, 0.717) is 0 Å². The molecule has 0 fully saturated rings. The Labute approximate surface area is 97.7 Å². The third-order valence-electron chi connectivity index (χ3n) is 2.43. The summed E-state index contributed by atoms with van der Waals surface area (Å²) in [6.45, 7) is 8.25. The van der Waals surface area contributed by atoms with Crippen molar-refractivity contribution < 1.29 is 0 Å². The van der Waals surface area contributed by atoms with Gasteiger partial charge in [0.15, 0.2) is 0 Å². The van der Waals surface area contributed by atoms with E-state index in [0.717, 1.165) is 29.6 Å². The molecule has 2 nitrogen and oxygen atoms in total. The van der Waals surface area contributed by atoms with Crippen LogP contribution >= 0.6 is 0 Å². The highest BCUT2D eigenvalue weighted by atomic mass is 14.8. The SMILES string of the molecule is CC.CCc1ccc2ncc(CC)nc2c1. The van der Waals surface area contributed by atoms with Gasteiger partial charge in [0.2, 0.25) is 0 Å². The van der Waals surface area contributed by atoms with Gasteiger partial charge in [-0.25, -0.2) is 4.98 Å². The fourth-order valence-electron chi connectivity index (χ4n) is 1.49. The molecule has 0 N–H and O–H groups in total. The van der Waals surface area contributed by atoms with Crippen molar-refractivity contribution in [3.8, 4) is 0 Å². The summed E-state index contributed by atoms with van der Waals surface area (Å²) in [4.78, 5) is 8.90. The van der Waals surface area contributed by atoms with E-state index < -0.39 is 0 Å². The largest absolute Gasteiger partial charge is 0.253 e. The predicted molar refractivity (Wildman–Crippen MR) is 69.6 cm³/mol. The summed E-state index contributed by atoms with van der Waals surface area (Å²) in [6, 6.07) is 6.28. The lowest BCUT2D eigenvalue weighted by molar-refractivity contribution is 1.03. The number of aromatic nitrogens is 2. The molecule has 0 saturated carbocycles. The zero-order valence-corrected chi connectivity index (χ0v) is 10.6. The number of hydrogen-bond donors (Lipinski definition) is 0. The van der Waals surface area contributed by atoms with Crippen molar-refractivity contribution in [2.75, 3.05) is 0 Å². The molecule has 86 valence electrons. The van der Waals surface area contributed by atoms with Crippen LogP contribution in [0.25, 0.3) is 11.0 Å². The maximum atomic E-state index is 4.54. The minimum Gasteiger partial charge on any atom is -0.253 e. The van der Waals surface area contributed by atoms with Crippen LogP contribution in [0.4, 0.5) is 0 Å². The van der Waals surface area contributed by atoms with E-state index >= 15 is 0 Å². The van der Waals surface area contributed by atoms with Crippen LogP contribution < -0.4 is 0 Å². The lowest BCUT2D eigenvalue weighted by atomic mass is 10.1. The van der Waals surface area contributed by atoms with Gasteiger partial charge in [0.25, 0.3) is 0 Å². The third kappa shape index (κ3) is 2.78. The molecular formula is C14H20N2. The van der Waals surface area contributed by atoms with Crippen LogP contribution in [0.5, 0.6) is 0 Å². The first kappa shape index (κ1) is 12.6. The molecule has 0 saturated heterocycles. The Morgan fingerprint density at radius 2 is 1.75 bits per heavy atom. The molecule has 0 aliphatic carbocycles. The summed E-state index contributed by atoms with van der Waals surface area (Å²) in [5.74, 6) is 0. The van der Waals surface area contributed by atoms with Crippen LogP contribution in [0.2, 0.25) is 0 Å². The standard InChI is InChI=1S/C12H14N2.C2H6/c1-3-9-5-6-11-12(7-9)14-10(4-2)8-13-11;1-2/h5-8H,3-4H2,1-2H3;1-2H3. The van der Waals surface area contributed by atoms with E-state index in [-0.39, 0.29) is 0 Å². The van der Waals surface area contributed by atoms with Crippen molar-refractivity contribution in [3.05, 3.63) is 35.7 Å². The maximum absolute atomic E-state index is 4.54. The van der Waals surface area contributed by atoms with Crippen molar-refractivity contribution >= 4 is 11.0 Å². The molecule has 1 heterocycles. The first-order valence-corrected chi connectivity index (χ1v) is 6.08. The van der Waals surface area contributed by atoms with Gasteiger partial charge in [-0.1, -0.05) is 33.8 Å². The number of rotatable bonds is 2. The average molecular weight is 216 g/mol. The van der Waals surface area contributed by atoms with Gasteiger partial charge in [-0.2, -0.15) is 0 Å². The molecule has 16 heavy (non-hydrogen) atoms. The Kier molecular flexibility index (Phi) is 4.90. The predicted octanol–water partition coefficient (Wildman–Crippen LogP) is 3.78. The Balaban J connectivity index is 0.000000606. The summed E-state index contributed by atoms with van der Waals surface area (Å²) >= 11 is 0. The Hall–Kier alpha value is -1.44. The Bertz CT molecular complexity index is 411. The van der Waals surface area contributed by atoms with Gasteiger partial charge < -0.3 is 0 Å². The minimum absolute atomic E-state index is 0.944. The van der Waals surface area contributed by atoms with Gasteiger partial charge in [-0.05, 0) is 30.5 Å².